The number of methoxy groups -OCH3 is 2. The van der Waals surface area contributed by atoms with E-state index in [0.29, 0.717) is 34.3 Å². The van der Waals surface area contributed by atoms with Gasteiger partial charge in [0, 0.05) is 30.6 Å². The van der Waals surface area contributed by atoms with E-state index in [1.807, 2.05) is 0 Å². The number of hydrogen-bond acceptors (Lipinski definition) is 6. The lowest BCUT2D eigenvalue weighted by atomic mass is 9.96. The third-order valence-electron chi connectivity index (χ3n) is 5.11. The van der Waals surface area contributed by atoms with Crippen molar-refractivity contribution in [2.24, 2.45) is 0 Å². The maximum absolute atomic E-state index is 13.2. The van der Waals surface area contributed by atoms with Gasteiger partial charge < -0.3 is 24.7 Å². The van der Waals surface area contributed by atoms with Crippen molar-refractivity contribution in [3.8, 4) is 0 Å². The van der Waals surface area contributed by atoms with Crippen molar-refractivity contribution in [2.75, 3.05) is 20.8 Å². The van der Waals surface area contributed by atoms with Crippen LogP contribution in [0.5, 0.6) is 0 Å². The molecule has 2 amide bonds. The maximum Gasteiger partial charge on any atom is 0.328 e. The highest BCUT2D eigenvalue weighted by Gasteiger charge is 2.37. The van der Waals surface area contributed by atoms with Gasteiger partial charge in [0.2, 0.25) is 0 Å². The Morgan fingerprint density at radius 1 is 1.29 bits per heavy atom. The Morgan fingerprint density at radius 2 is 2.06 bits per heavy atom. The molecule has 2 atom stereocenters. The molecular weight excluding hydrogens is 447 g/mol. The number of benzene rings is 1. The van der Waals surface area contributed by atoms with Crippen molar-refractivity contribution in [1.82, 2.24) is 20.2 Å². The Kier molecular flexibility index (Phi) is 7.40. The van der Waals surface area contributed by atoms with Crippen LogP contribution >= 0.6 is 23.2 Å². The number of ether oxygens (including phenoxy) is 2. The van der Waals surface area contributed by atoms with Crippen molar-refractivity contribution >= 4 is 41.2 Å². The van der Waals surface area contributed by atoms with Crippen LogP contribution in [-0.2, 0) is 25.5 Å². The average Bonchev–Trinajstić information content (AvgIpc) is 3.26. The van der Waals surface area contributed by atoms with Crippen LogP contribution in [0.15, 0.2) is 24.5 Å². The third-order valence-corrected chi connectivity index (χ3v) is 5.94. The fourth-order valence-electron chi connectivity index (χ4n) is 3.53. The van der Waals surface area contributed by atoms with Crippen LogP contribution in [0.2, 0.25) is 10.0 Å². The molecule has 1 aromatic carbocycles. The number of carbonyl (C=O) groups excluding carboxylic acids is 3. The standard InChI is InChI=1S/C20H22Cl2N4O5/c1-30-15(27)7-6-14(19(28)31-2)25-20(29)26-9-8-13-17(24-10-23-13)18(26)11-4-3-5-12(21)16(11)22/h3-5,10,14,18H,6-9H2,1-2H3,(H,23,24)(H,25,29)/t14-,18+/m0/s1. The molecule has 0 saturated carbocycles. The molecule has 2 N–H and O–H groups in total. The molecule has 9 nitrogen and oxygen atoms in total. The first-order valence-corrected chi connectivity index (χ1v) is 10.3. The van der Waals surface area contributed by atoms with Gasteiger partial charge in [-0.05, 0) is 12.5 Å². The second-order valence-corrected chi connectivity index (χ2v) is 7.68. The van der Waals surface area contributed by atoms with Gasteiger partial charge in [-0.15, -0.1) is 0 Å². The highest BCUT2D eigenvalue weighted by Crippen LogP contribution is 2.39. The third kappa shape index (κ3) is 4.94. The van der Waals surface area contributed by atoms with Crippen LogP contribution in [0.25, 0.3) is 0 Å². The summed E-state index contributed by atoms with van der Waals surface area (Å²) < 4.78 is 9.39. The summed E-state index contributed by atoms with van der Waals surface area (Å²) in [5.41, 5.74) is 2.15. The van der Waals surface area contributed by atoms with E-state index in [-0.39, 0.29) is 12.8 Å². The number of urea groups is 1. The van der Waals surface area contributed by atoms with Crippen molar-refractivity contribution < 1.29 is 23.9 Å². The molecule has 0 radical (unpaired) electrons. The summed E-state index contributed by atoms with van der Waals surface area (Å²) in [6, 6.07) is 3.03. The number of H-pyrrole nitrogens is 1. The molecule has 0 saturated heterocycles. The molecule has 2 heterocycles. The summed E-state index contributed by atoms with van der Waals surface area (Å²) in [7, 11) is 2.47. The molecule has 0 aliphatic carbocycles. The molecule has 31 heavy (non-hydrogen) atoms. The number of nitrogens with zero attached hydrogens (tertiary/aromatic N) is 2. The van der Waals surface area contributed by atoms with E-state index < -0.39 is 30.1 Å². The van der Waals surface area contributed by atoms with Crippen LogP contribution in [0.3, 0.4) is 0 Å². The number of nitrogens with one attached hydrogen (secondary N) is 2. The average molecular weight is 469 g/mol. The summed E-state index contributed by atoms with van der Waals surface area (Å²) in [5.74, 6) is -1.15. The van der Waals surface area contributed by atoms with E-state index in [1.165, 1.54) is 19.1 Å². The van der Waals surface area contributed by atoms with E-state index >= 15 is 0 Å². The topological polar surface area (TPSA) is 114 Å². The fraction of sp³-hybridized carbons (Fsp3) is 0.400. The number of amides is 2. The van der Waals surface area contributed by atoms with Gasteiger partial charge in [-0.1, -0.05) is 35.3 Å². The van der Waals surface area contributed by atoms with Gasteiger partial charge in [0.05, 0.1) is 36.3 Å². The molecule has 11 heteroatoms. The number of aromatic nitrogens is 2. The molecule has 1 aromatic heterocycles. The maximum atomic E-state index is 13.2. The van der Waals surface area contributed by atoms with Gasteiger partial charge >= 0.3 is 18.0 Å². The van der Waals surface area contributed by atoms with Crippen LogP contribution in [0.1, 0.15) is 35.8 Å². The minimum Gasteiger partial charge on any atom is -0.469 e. The molecule has 1 aliphatic heterocycles. The van der Waals surface area contributed by atoms with Crippen molar-refractivity contribution in [2.45, 2.75) is 31.3 Å². The van der Waals surface area contributed by atoms with E-state index in [0.717, 1.165) is 5.69 Å². The van der Waals surface area contributed by atoms with Crippen molar-refractivity contribution in [3.05, 3.63) is 51.5 Å². The number of carbonyl (C=O) groups is 3. The molecule has 0 fully saturated rings. The van der Waals surface area contributed by atoms with Crippen LogP contribution < -0.4 is 5.32 Å². The van der Waals surface area contributed by atoms with Gasteiger partial charge in [0.1, 0.15) is 12.1 Å². The molecule has 166 valence electrons. The number of hydrogen-bond donors (Lipinski definition) is 2. The van der Waals surface area contributed by atoms with Crippen LogP contribution in [-0.4, -0.2) is 59.6 Å². The summed E-state index contributed by atoms with van der Waals surface area (Å²) >= 11 is 12.7. The first kappa shape index (κ1) is 22.9. The summed E-state index contributed by atoms with van der Waals surface area (Å²) in [6.45, 7) is 0.347. The molecule has 2 aromatic rings. The Balaban J connectivity index is 1.89. The van der Waals surface area contributed by atoms with E-state index in [1.54, 1.807) is 24.5 Å². The molecule has 1 aliphatic rings. The number of aromatic amines is 1. The fourth-order valence-corrected chi connectivity index (χ4v) is 3.94. The van der Waals surface area contributed by atoms with E-state index in [2.05, 4.69) is 20.0 Å². The lowest BCUT2D eigenvalue weighted by molar-refractivity contribution is -0.144. The number of imidazole rings is 1. The Morgan fingerprint density at radius 3 is 2.77 bits per heavy atom. The normalized spacial score (nSPS) is 16.3. The highest BCUT2D eigenvalue weighted by atomic mass is 35.5. The van der Waals surface area contributed by atoms with E-state index in [9.17, 15) is 14.4 Å². The molecular formula is C20H22Cl2N4O5. The van der Waals surface area contributed by atoms with Crippen molar-refractivity contribution in [3.63, 3.8) is 0 Å². The zero-order valence-corrected chi connectivity index (χ0v) is 18.5. The molecule has 0 spiro atoms. The minimum atomic E-state index is -1.02. The predicted molar refractivity (Wildman–Crippen MR) is 113 cm³/mol. The van der Waals surface area contributed by atoms with Crippen molar-refractivity contribution in [1.29, 1.82) is 0 Å². The number of fused-ring (bicyclic) bond motifs is 1. The van der Waals surface area contributed by atoms with Crippen LogP contribution in [0.4, 0.5) is 4.79 Å². The Hall–Kier alpha value is -2.78. The summed E-state index contributed by atoms with van der Waals surface area (Å²) in [6.07, 6.45) is 2.09. The Labute approximate surface area is 189 Å². The predicted octanol–water partition coefficient (Wildman–Crippen LogP) is 2.87. The Bertz CT molecular complexity index is 980. The largest absolute Gasteiger partial charge is 0.469 e. The quantitative estimate of drug-likeness (QED) is 0.629. The first-order valence-electron chi connectivity index (χ1n) is 9.55. The zero-order valence-electron chi connectivity index (χ0n) is 17.0. The van der Waals surface area contributed by atoms with Gasteiger partial charge in [-0.3, -0.25) is 4.79 Å². The monoisotopic (exact) mass is 468 g/mol. The van der Waals surface area contributed by atoms with Gasteiger partial charge in [0.15, 0.2) is 0 Å². The smallest absolute Gasteiger partial charge is 0.328 e. The first-order chi connectivity index (χ1) is 14.9. The minimum absolute atomic E-state index is 0.0369. The number of rotatable bonds is 6. The van der Waals surface area contributed by atoms with E-state index in [4.69, 9.17) is 27.9 Å². The summed E-state index contributed by atoms with van der Waals surface area (Å²) in [5, 5.41) is 3.34. The van der Waals surface area contributed by atoms with Gasteiger partial charge in [-0.2, -0.15) is 0 Å². The number of halogens is 2. The zero-order chi connectivity index (χ0) is 22.5. The molecule has 0 bridgehead atoms. The SMILES string of the molecule is COC(=O)CC[C@H](NC(=O)N1CCc2[nH]cnc2[C@H]1c1cccc(Cl)c1Cl)C(=O)OC. The molecule has 0 unspecified atom stereocenters. The highest BCUT2D eigenvalue weighted by molar-refractivity contribution is 6.42. The molecule has 3 rings (SSSR count). The second kappa shape index (κ2) is 10.0. The van der Waals surface area contributed by atoms with Gasteiger partial charge in [-0.25, -0.2) is 14.6 Å². The summed E-state index contributed by atoms with van der Waals surface area (Å²) in [4.78, 5) is 45.9. The van der Waals surface area contributed by atoms with Crippen LogP contribution in [0, 0.1) is 0 Å². The lowest BCUT2D eigenvalue weighted by Gasteiger charge is -2.36. The van der Waals surface area contributed by atoms with Gasteiger partial charge in [0.25, 0.3) is 0 Å². The second-order valence-electron chi connectivity index (χ2n) is 6.90. The number of esters is 2. The lowest BCUT2D eigenvalue weighted by Crippen LogP contribution is -2.51.